The van der Waals surface area contributed by atoms with E-state index in [9.17, 15) is 9.59 Å². The van der Waals surface area contributed by atoms with E-state index in [-0.39, 0.29) is 11.3 Å². The first kappa shape index (κ1) is 16.8. The second-order valence-corrected chi connectivity index (χ2v) is 10.1. The monoisotopic (exact) mass is 372 g/mol. The van der Waals surface area contributed by atoms with Crippen molar-refractivity contribution in [2.45, 2.75) is 44.9 Å². The number of nitrogens with zero attached hydrogens (tertiary/aromatic N) is 2. The molecule has 4 nitrogen and oxygen atoms in total. The summed E-state index contributed by atoms with van der Waals surface area (Å²) in [5.74, 6) is 2.95. The molecule has 1 saturated heterocycles. The summed E-state index contributed by atoms with van der Waals surface area (Å²) in [6.45, 7) is 2.96. The smallest absolute Gasteiger partial charge is 0.263 e. The molecule has 26 heavy (non-hydrogen) atoms. The quantitative estimate of drug-likeness (QED) is 0.795. The molecule has 0 unspecified atom stereocenters. The molecule has 2 amide bonds. The highest BCUT2D eigenvalue weighted by molar-refractivity contribution is 7.12. The Morgan fingerprint density at radius 2 is 1.54 bits per heavy atom. The van der Waals surface area contributed by atoms with Gasteiger partial charge < -0.3 is 9.80 Å². The van der Waals surface area contributed by atoms with Crippen molar-refractivity contribution >= 4 is 23.2 Å². The summed E-state index contributed by atoms with van der Waals surface area (Å²) in [5, 5.41) is 1.95. The van der Waals surface area contributed by atoms with Crippen molar-refractivity contribution in [3.63, 3.8) is 0 Å². The highest BCUT2D eigenvalue weighted by Gasteiger charge is 2.55. The van der Waals surface area contributed by atoms with Crippen LogP contribution in [0.3, 0.4) is 0 Å². The van der Waals surface area contributed by atoms with Gasteiger partial charge in [-0.1, -0.05) is 6.07 Å². The van der Waals surface area contributed by atoms with E-state index in [0.29, 0.717) is 19.0 Å². The molecule has 5 heteroatoms. The highest BCUT2D eigenvalue weighted by atomic mass is 32.1. The van der Waals surface area contributed by atoms with E-state index in [1.807, 2.05) is 22.4 Å². The summed E-state index contributed by atoms with van der Waals surface area (Å²) in [5.41, 5.74) is -0.0539. The van der Waals surface area contributed by atoms with Gasteiger partial charge in [-0.15, -0.1) is 11.3 Å². The number of thiophene rings is 1. The molecule has 5 fully saturated rings. The minimum atomic E-state index is -0.0539. The highest BCUT2D eigenvalue weighted by Crippen LogP contribution is 2.60. The van der Waals surface area contributed by atoms with E-state index in [4.69, 9.17) is 0 Å². The average Bonchev–Trinajstić information content (AvgIpc) is 3.04. The number of carbonyl (C=O) groups excluding carboxylic acids is 2. The van der Waals surface area contributed by atoms with Crippen molar-refractivity contribution in [3.8, 4) is 0 Å². The third-order valence-electron chi connectivity index (χ3n) is 7.29. The van der Waals surface area contributed by atoms with E-state index in [1.165, 1.54) is 30.6 Å². The van der Waals surface area contributed by atoms with E-state index in [1.54, 1.807) is 0 Å². The maximum absolute atomic E-state index is 13.5. The lowest BCUT2D eigenvalue weighted by molar-refractivity contribution is -0.157. The van der Waals surface area contributed by atoms with E-state index >= 15 is 0 Å². The second kappa shape index (κ2) is 6.36. The zero-order chi connectivity index (χ0) is 17.7. The molecule has 4 aliphatic carbocycles. The molecule has 0 N–H and O–H groups in total. The van der Waals surface area contributed by atoms with Crippen LogP contribution in [0.4, 0.5) is 0 Å². The maximum atomic E-state index is 13.5. The van der Waals surface area contributed by atoms with Gasteiger partial charge in [-0.05, 0) is 74.1 Å². The van der Waals surface area contributed by atoms with Crippen molar-refractivity contribution in [2.75, 3.05) is 26.2 Å². The van der Waals surface area contributed by atoms with Gasteiger partial charge in [0.1, 0.15) is 0 Å². The molecule has 6 rings (SSSR count). The Kier molecular flexibility index (Phi) is 4.11. The molecule has 0 spiro atoms. The Labute approximate surface area is 159 Å². The van der Waals surface area contributed by atoms with E-state index in [0.717, 1.165) is 61.4 Å². The predicted molar refractivity (Wildman–Crippen MR) is 102 cm³/mol. The zero-order valence-electron chi connectivity index (χ0n) is 15.4. The number of rotatable bonds is 2. The summed E-state index contributed by atoms with van der Waals surface area (Å²) in [7, 11) is 0. The SMILES string of the molecule is O=C(c1cccs1)N1CCCN(C(=O)C23CC4CC(CC(C4)C2)C3)CC1. The number of carbonyl (C=O) groups is 2. The summed E-state index contributed by atoms with van der Waals surface area (Å²) in [6.07, 6.45) is 8.40. The molecular formula is C21H28N2O2S. The number of amides is 2. The second-order valence-electron chi connectivity index (χ2n) is 9.11. The van der Waals surface area contributed by atoms with Crippen LogP contribution < -0.4 is 0 Å². The van der Waals surface area contributed by atoms with E-state index < -0.39 is 0 Å². The number of hydrogen-bond donors (Lipinski definition) is 0. The predicted octanol–water partition coefficient (Wildman–Crippen LogP) is 3.64. The van der Waals surface area contributed by atoms with Crippen LogP contribution >= 0.6 is 11.3 Å². The molecule has 5 aliphatic rings. The summed E-state index contributed by atoms with van der Waals surface area (Å²) >= 11 is 1.51. The fraction of sp³-hybridized carbons (Fsp3) is 0.714. The third-order valence-corrected chi connectivity index (χ3v) is 8.15. The van der Waals surface area contributed by atoms with Gasteiger partial charge in [0.2, 0.25) is 5.91 Å². The molecule has 0 aromatic carbocycles. The zero-order valence-corrected chi connectivity index (χ0v) is 16.2. The molecule has 4 bridgehead atoms. The lowest BCUT2D eigenvalue weighted by Gasteiger charge is -2.56. The molecule has 4 saturated carbocycles. The topological polar surface area (TPSA) is 40.6 Å². The first-order valence-electron chi connectivity index (χ1n) is 10.3. The Balaban J connectivity index is 1.28. The Bertz CT molecular complexity index is 664. The summed E-state index contributed by atoms with van der Waals surface area (Å²) in [6, 6.07) is 3.83. The normalized spacial score (nSPS) is 36.2. The van der Waals surface area contributed by atoms with Crippen LogP contribution in [-0.4, -0.2) is 47.8 Å². The van der Waals surface area contributed by atoms with Gasteiger partial charge in [-0.25, -0.2) is 0 Å². The van der Waals surface area contributed by atoms with Crippen molar-refractivity contribution in [2.24, 2.45) is 23.2 Å². The van der Waals surface area contributed by atoms with Crippen LogP contribution in [0.25, 0.3) is 0 Å². The lowest BCUT2D eigenvalue weighted by Crippen LogP contribution is -2.55. The number of hydrogen-bond acceptors (Lipinski definition) is 3. The average molecular weight is 373 g/mol. The van der Waals surface area contributed by atoms with Gasteiger partial charge in [0, 0.05) is 26.2 Å². The molecule has 1 aromatic heterocycles. The van der Waals surface area contributed by atoms with Gasteiger partial charge in [-0.3, -0.25) is 9.59 Å². The van der Waals surface area contributed by atoms with Gasteiger partial charge in [0.05, 0.1) is 10.3 Å². The van der Waals surface area contributed by atoms with Gasteiger partial charge in [0.15, 0.2) is 0 Å². The van der Waals surface area contributed by atoms with Crippen LogP contribution in [0.2, 0.25) is 0 Å². The van der Waals surface area contributed by atoms with Crippen molar-refractivity contribution < 1.29 is 9.59 Å². The molecular weight excluding hydrogens is 344 g/mol. The maximum Gasteiger partial charge on any atom is 0.263 e. The summed E-state index contributed by atoms with van der Waals surface area (Å²) < 4.78 is 0. The lowest BCUT2D eigenvalue weighted by atomic mass is 9.49. The molecule has 0 atom stereocenters. The van der Waals surface area contributed by atoms with E-state index in [2.05, 4.69) is 4.90 Å². The fourth-order valence-corrected chi connectivity index (χ4v) is 7.28. The first-order chi connectivity index (χ1) is 12.6. The Hall–Kier alpha value is -1.36. The largest absolute Gasteiger partial charge is 0.340 e. The Morgan fingerprint density at radius 1 is 0.923 bits per heavy atom. The van der Waals surface area contributed by atoms with Crippen LogP contribution in [0, 0.1) is 23.2 Å². The first-order valence-corrected chi connectivity index (χ1v) is 11.1. The van der Waals surface area contributed by atoms with Crippen molar-refractivity contribution in [3.05, 3.63) is 22.4 Å². The van der Waals surface area contributed by atoms with Crippen LogP contribution in [0.5, 0.6) is 0 Å². The van der Waals surface area contributed by atoms with Gasteiger partial charge >= 0.3 is 0 Å². The minimum absolute atomic E-state index is 0.0539. The van der Waals surface area contributed by atoms with Crippen LogP contribution in [0.1, 0.15) is 54.6 Å². The summed E-state index contributed by atoms with van der Waals surface area (Å²) in [4.78, 5) is 31.0. The van der Waals surface area contributed by atoms with Gasteiger partial charge in [-0.2, -0.15) is 0 Å². The molecule has 0 radical (unpaired) electrons. The molecule has 140 valence electrons. The third kappa shape index (κ3) is 2.79. The molecule has 2 heterocycles. The standard InChI is InChI=1S/C21H28N2O2S/c24-19(18-3-1-8-26-18)22-4-2-5-23(7-6-22)20(25)21-12-15-9-16(13-21)11-17(10-15)14-21/h1,3,8,15-17H,2,4-7,9-14H2. The van der Waals surface area contributed by atoms with Crippen molar-refractivity contribution in [1.82, 2.24) is 9.80 Å². The van der Waals surface area contributed by atoms with Crippen molar-refractivity contribution in [1.29, 1.82) is 0 Å². The van der Waals surface area contributed by atoms with Crippen LogP contribution in [-0.2, 0) is 4.79 Å². The minimum Gasteiger partial charge on any atom is -0.340 e. The van der Waals surface area contributed by atoms with Crippen LogP contribution in [0.15, 0.2) is 17.5 Å². The van der Waals surface area contributed by atoms with Gasteiger partial charge in [0.25, 0.3) is 5.91 Å². The Morgan fingerprint density at radius 3 is 2.15 bits per heavy atom. The molecule has 1 aromatic rings. The fourth-order valence-electron chi connectivity index (χ4n) is 6.59. The molecule has 1 aliphatic heterocycles.